The molecule has 1 aliphatic carbocycles. The molecule has 0 saturated heterocycles. The highest BCUT2D eigenvalue weighted by molar-refractivity contribution is 5.75. The lowest BCUT2D eigenvalue weighted by atomic mass is 9.82. The second kappa shape index (κ2) is 14.8. The van der Waals surface area contributed by atoms with E-state index in [1.54, 1.807) is 24.3 Å². The van der Waals surface area contributed by atoms with E-state index in [2.05, 4.69) is 72.8 Å². The summed E-state index contributed by atoms with van der Waals surface area (Å²) in [6, 6.07) is 36.7. The quantitative estimate of drug-likeness (QED) is 0.181. The largest absolute Gasteiger partial charge is 0.481 e. The smallest absolute Gasteiger partial charge is 0.314 e. The number of carbonyl (C=O) groups is 2. The summed E-state index contributed by atoms with van der Waals surface area (Å²) in [7, 11) is 0. The number of rotatable bonds is 8. The molecule has 40 heavy (non-hydrogen) atoms. The van der Waals surface area contributed by atoms with E-state index < -0.39 is 5.97 Å². The fraction of sp³-hybridized carbons (Fsp3) is 0.257. The Balaban J connectivity index is 0.000000188. The van der Waals surface area contributed by atoms with Crippen LogP contribution in [0, 0.1) is 11.8 Å². The number of carbonyl (C=O) groups excluding carboxylic acids is 1. The van der Waals surface area contributed by atoms with Gasteiger partial charge in [0.05, 0.1) is 5.92 Å². The molecule has 5 rings (SSSR count). The minimum absolute atomic E-state index is 0.0329. The van der Waals surface area contributed by atoms with Crippen LogP contribution in [0.1, 0.15) is 37.7 Å². The number of benzene rings is 4. The second-order valence-electron chi connectivity index (χ2n) is 10.2. The van der Waals surface area contributed by atoms with Crippen molar-refractivity contribution in [1.82, 2.24) is 0 Å². The van der Waals surface area contributed by atoms with Crippen LogP contribution in [0.25, 0.3) is 22.3 Å². The van der Waals surface area contributed by atoms with Crippen molar-refractivity contribution in [3.05, 3.63) is 115 Å². The minimum atomic E-state index is -0.816. The monoisotopic (exact) mass is 535 g/mol. The van der Waals surface area contributed by atoms with Crippen LogP contribution in [-0.4, -0.2) is 23.6 Å². The Kier molecular flexibility index (Phi) is 10.6. The summed E-state index contributed by atoms with van der Waals surface area (Å²) in [5.41, 5.74) is 11.6. The molecule has 5 nitrogen and oxygen atoms in total. The number of aliphatic carboxylic acids is 1. The highest BCUT2D eigenvalue weighted by atomic mass is 16.5. The molecule has 0 radical (unpaired) electrons. The minimum Gasteiger partial charge on any atom is -0.481 e. The van der Waals surface area contributed by atoms with E-state index in [1.165, 1.54) is 22.3 Å². The van der Waals surface area contributed by atoms with Crippen molar-refractivity contribution in [2.45, 2.75) is 38.5 Å². The summed E-state index contributed by atoms with van der Waals surface area (Å²) in [6.07, 6.45) is 4.25. The van der Waals surface area contributed by atoms with Gasteiger partial charge >= 0.3 is 11.9 Å². The van der Waals surface area contributed by atoms with Gasteiger partial charge in [0, 0.05) is 6.42 Å². The SMILES string of the molecule is NCC1CCC(C(=O)Oc2ccc(CCC(=O)O)cc2)CC1.c1ccc(-c2ccc(-c3ccccc3)cc2)cc1. The first-order valence-electron chi connectivity index (χ1n) is 13.9. The Hall–Kier alpha value is -4.22. The van der Waals surface area contributed by atoms with Crippen LogP contribution in [0.2, 0.25) is 0 Å². The molecule has 1 aliphatic rings. The molecule has 0 amide bonds. The molecule has 0 heterocycles. The molecule has 1 saturated carbocycles. The third-order valence-electron chi connectivity index (χ3n) is 7.38. The average molecular weight is 536 g/mol. The summed E-state index contributed by atoms with van der Waals surface area (Å²) in [6.45, 7) is 0.694. The molecule has 5 heteroatoms. The molecule has 3 N–H and O–H groups in total. The molecule has 0 unspecified atom stereocenters. The normalized spacial score (nSPS) is 16.3. The van der Waals surface area contributed by atoms with Gasteiger partial charge in [-0.3, -0.25) is 9.59 Å². The summed E-state index contributed by atoms with van der Waals surface area (Å²) in [5, 5.41) is 8.65. The molecule has 0 aliphatic heterocycles. The van der Waals surface area contributed by atoms with Gasteiger partial charge in [0.25, 0.3) is 0 Å². The maximum atomic E-state index is 12.1. The van der Waals surface area contributed by atoms with Crippen LogP contribution in [0.3, 0.4) is 0 Å². The lowest BCUT2D eigenvalue weighted by Crippen LogP contribution is -2.28. The molecule has 0 atom stereocenters. The molecular weight excluding hydrogens is 498 g/mol. The van der Waals surface area contributed by atoms with Gasteiger partial charge in [-0.1, -0.05) is 97.1 Å². The maximum Gasteiger partial charge on any atom is 0.314 e. The summed E-state index contributed by atoms with van der Waals surface area (Å²) in [4.78, 5) is 22.7. The Morgan fingerprint density at radius 2 is 1.15 bits per heavy atom. The van der Waals surface area contributed by atoms with Crippen LogP contribution in [-0.2, 0) is 16.0 Å². The van der Waals surface area contributed by atoms with Crippen molar-refractivity contribution < 1.29 is 19.4 Å². The Morgan fingerprint density at radius 1 is 0.675 bits per heavy atom. The van der Waals surface area contributed by atoms with Crippen LogP contribution in [0.5, 0.6) is 5.75 Å². The van der Waals surface area contributed by atoms with Gasteiger partial charge in [-0.15, -0.1) is 0 Å². The average Bonchev–Trinajstić information content (AvgIpc) is 3.02. The number of hydrogen-bond donors (Lipinski definition) is 2. The van der Waals surface area contributed by atoms with E-state index in [-0.39, 0.29) is 18.3 Å². The number of carboxylic acids is 1. The zero-order chi connectivity index (χ0) is 28.2. The highest BCUT2D eigenvalue weighted by Gasteiger charge is 2.27. The van der Waals surface area contributed by atoms with Gasteiger partial charge in [-0.05, 0) is 84.5 Å². The number of carboxylic acid groups (broad SMARTS) is 1. The van der Waals surface area contributed by atoms with Crippen LogP contribution >= 0.6 is 0 Å². The Bertz CT molecular complexity index is 1270. The predicted octanol–water partition coefficient (Wildman–Crippen LogP) is 7.39. The lowest BCUT2D eigenvalue weighted by molar-refractivity contribution is -0.140. The van der Waals surface area contributed by atoms with Crippen molar-refractivity contribution in [1.29, 1.82) is 0 Å². The fourth-order valence-corrected chi connectivity index (χ4v) is 4.93. The first-order valence-corrected chi connectivity index (χ1v) is 13.9. The molecule has 4 aromatic rings. The van der Waals surface area contributed by atoms with E-state index in [4.69, 9.17) is 15.6 Å². The topological polar surface area (TPSA) is 89.6 Å². The Morgan fingerprint density at radius 3 is 1.60 bits per heavy atom. The van der Waals surface area contributed by atoms with Gasteiger partial charge in [0.2, 0.25) is 0 Å². The van der Waals surface area contributed by atoms with Crippen LogP contribution < -0.4 is 10.5 Å². The third-order valence-corrected chi connectivity index (χ3v) is 7.38. The van der Waals surface area contributed by atoms with E-state index >= 15 is 0 Å². The number of esters is 1. The number of nitrogens with two attached hydrogens (primary N) is 1. The molecule has 0 spiro atoms. The highest BCUT2D eigenvalue weighted by Crippen LogP contribution is 2.29. The lowest BCUT2D eigenvalue weighted by Gasteiger charge is -2.26. The number of ether oxygens (including phenoxy) is 1. The van der Waals surface area contributed by atoms with Crippen molar-refractivity contribution in [2.75, 3.05) is 6.54 Å². The van der Waals surface area contributed by atoms with Gasteiger partial charge in [-0.25, -0.2) is 0 Å². The van der Waals surface area contributed by atoms with Crippen LogP contribution in [0.4, 0.5) is 0 Å². The van der Waals surface area contributed by atoms with Crippen molar-refractivity contribution in [3.63, 3.8) is 0 Å². The van der Waals surface area contributed by atoms with E-state index in [0.717, 1.165) is 31.2 Å². The fourth-order valence-electron chi connectivity index (χ4n) is 4.93. The predicted molar refractivity (Wildman–Crippen MR) is 160 cm³/mol. The first kappa shape index (κ1) is 28.8. The van der Waals surface area contributed by atoms with E-state index in [9.17, 15) is 9.59 Å². The zero-order valence-electron chi connectivity index (χ0n) is 22.7. The number of aryl methyl sites for hydroxylation is 1. The van der Waals surface area contributed by atoms with E-state index in [0.29, 0.717) is 24.6 Å². The molecular formula is C35H37NO4. The molecule has 0 bridgehead atoms. The van der Waals surface area contributed by atoms with Gasteiger partial charge in [-0.2, -0.15) is 0 Å². The van der Waals surface area contributed by atoms with Crippen LogP contribution in [0.15, 0.2) is 109 Å². The molecule has 1 fully saturated rings. The van der Waals surface area contributed by atoms with Crippen molar-refractivity contribution in [3.8, 4) is 28.0 Å². The summed E-state index contributed by atoms with van der Waals surface area (Å²) < 4.78 is 5.42. The van der Waals surface area contributed by atoms with Gasteiger partial charge < -0.3 is 15.6 Å². The third kappa shape index (κ3) is 8.65. The second-order valence-corrected chi connectivity index (χ2v) is 10.2. The maximum absolute atomic E-state index is 12.1. The number of hydrogen-bond acceptors (Lipinski definition) is 4. The van der Waals surface area contributed by atoms with Gasteiger partial charge in [0.1, 0.15) is 5.75 Å². The Labute approximate surface area is 236 Å². The molecule has 0 aromatic heterocycles. The standard InChI is InChI=1S/C18H14.C17H23NO4/c1-3-7-15(8-4-1)17-11-13-18(14-12-17)16-9-5-2-6-10-16;18-11-13-1-6-14(7-2-13)17(21)22-15-8-3-12(4-9-15)5-10-16(19)20/h1-14H;3-4,8-9,13-14H,1-2,5-7,10-11,18H2,(H,19,20). The van der Waals surface area contributed by atoms with E-state index in [1.807, 2.05) is 12.1 Å². The van der Waals surface area contributed by atoms with Crippen molar-refractivity contribution >= 4 is 11.9 Å². The molecule has 206 valence electrons. The molecule has 4 aromatic carbocycles. The summed E-state index contributed by atoms with van der Waals surface area (Å²) in [5.74, 6) is 0.0365. The zero-order valence-corrected chi connectivity index (χ0v) is 22.7. The van der Waals surface area contributed by atoms with Crippen molar-refractivity contribution in [2.24, 2.45) is 17.6 Å². The first-order chi connectivity index (χ1) is 19.5. The summed E-state index contributed by atoms with van der Waals surface area (Å²) >= 11 is 0. The van der Waals surface area contributed by atoms with Gasteiger partial charge in [0.15, 0.2) is 0 Å².